The summed E-state index contributed by atoms with van der Waals surface area (Å²) in [5, 5.41) is 0. The lowest BCUT2D eigenvalue weighted by molar-refractivity contribution is 0.647. The Morgan fingerprint density at radius 3 is 2.93 bits per heavy atom. The Balaban J connectivity index is 2.25. The second kappa shape index (κ2) is 4.02. The molecule has 1 aromatic carbocycles. The van der Waals surface area contributed by atoms with Gasteiger partial charge in [0, 0.05) is 6.04 Å². The molecule has 4 heteroatoms. The van der Waals surface area contributed by atoms with Crippen LogP contribution in [0.2, 0.25) is 0 Å². The first-order chi connectivity index (χ1) is 6.79. The summed E-state index contributed by atoms with van der Waals surface area (Å²) >= 11 is 1.25. The van der Waals surface area contributed by atoms with E-state index in [1.54, 1.807) is 0 Å². The summed E-state index contributed by atoms with van der Waals surface area (Å²) < 4.78 is 8.36. The van der Waals surface area contributed by atoms with Gasteiger partial charge < -0.3 is 5.73 Å². The van der Waals surface area contributed by atoms with E-state index in [1.807, 2.05) is 6.07 Å². The van der Waals surface area contributed by atoms with Crippen molar-refractivity contribution >= 4 is 22.8 Å². The molecule has 0 fully saturated rings. The molecule has 0 radical (unpaired) electrons. The molecule has 1 aromatic heterocycles. The summed E-state index contributed by atoms with van der Waals surface area (Å²) in [6.07, 6.45) is 1.93. The average molecular weight is 207 g/mol. The normalized spacial score (nSPS) is 13.3. The fourth-order valence-electron chi connectivity index (χ4n) is 1.40. The Bertz CT molecular complexity index is 424. The third-order valence-corrected chi connectivity index (χ3v) is 2.90. The molecule has 2 N–H and O–H groups in total. The predicted octanol–water partition coefficient (Wildman–Crippen LogP) is 1.97. The van der Waals surface area contributed by atoms with Crippen LogP contribution in [0.5, 0.6) is 0 Å². The molecule has 74 valence electrons. The Morgan fingerprint density at radius 1 is 1.36 bits per heavy atom. The van der Waals surface area contributed by atoms with E-state index >= 15 is 0 Å². The van der Waals surface area contributed by atoms with E-state index in [0.29, 0.717) is 0 Å². The second-order valence-electron chi connectivity index (χ2n) is 3.46. The second-order valence-corrected chi connectivity index (χ2v) is 3.99. The van der Waals surface area contributed by atoms with Gasteiger partial charge in [0.1, 0.15) is 11.0 Å². The van der Waals surface area contributed by atoms with Gasteiger partial charge >= 0.3 is 0 Å². The van der Waals surface area contributed by atoms with Gasteiger partial charge in [-0.25, -0.2) is 0 Å². The van der Waals surface area contributed by atoms with Gasteiger partial charge in [-0.1, -0.05) is 13.0 Å². The zero-order valence-electron chi connectivity index (χ0n) is 8.10. The third-order valence-electron chi connectivity index (χ3n) is 2.34. The Kier molecular flexibility index (Phi) is 2.74. The molecule has 14 heavy (non-hydrogen) atoms. The van der Waals surface area contributed by atoms with E-state index in [1.165, 1.54) is 17.3 Å². The topological polar surface area (TPSA) is 51.8 Å². The molecule has 2 rings (SSSR count). The minimum atomic E-state index is 0.249. The first-order valence-corrected chi connectivity index (χ1v) is 5.49. The Hall–Kier alpha value is -1.00. The SMILES string of the molecule is CCC(N)Cc1ccc2nsnc2c1. The first kappa shape index (κ1) is 9.55. The van der Waals surface area contributed by atoms with Gasteiger partial charge in [-0.05, 0) is 30.5 Å². The van der Waals surface area contributed by atoms with Crippen LogP contribution in [0.3, 0.4) is 0 Å². The van der Waals surface area contributed by atoms with Crippen LogP contribution < -0.4 is 5.73 Å². The largest absolute Gasteiger partial charge is 0.327 e. The van der Waals surface area contributed by atoms with Crippen LogP contribution in [0, 0.1) is 0 Å². The van der Waals surface area contributed by atoms with Gasteiger partial charge in [0.15, 0.2) is 0 Å². The van der Waals surface area contributed by atoms with Crippen molar-refractivity contribution in [1.82, 2.24) is 8.75 Å². The molecule has 0 aliphatic heterocycles. The lowest BCUT2D eigenvalue weighted by Crippen LogP contribution is -2.21. The molecule has 1 atom stereocenters. The number of nitrogens with two attached hydrogens (primary N) is 1. The maximum atomic E-state index is 5.89. The number of benzene rings is 1. The molecule has 0 aliphatic carbocycles. The van der Waals surface area contributed by atoms with Crippen molar-refractivity contribution in [3.63, 3.8) is 0 Å². The molecule has 1 heterocycles. The van der Waals surface area contributed by atoms with Crippen LogP contribution in [0.4, 0.5) is 0 Å². The highest BCUT2D eigenvalue weighted by atomic mass is 32.1. The average Bonchev–Trinajstić information content (AvgIpc) is 2.64. The van der Waals surface area contributed by atoms with Crippen molar-refractivity contribution in [2.45, 2.75) is 25.8 Å². The zero-order chi connectivity index (χ0) is 9.97. The molecule has 0 bridgehead atoms. The lowest BCUT2D eigenvalue weighted by Gasteiger charge is -2.07. The van der Waals surface area contributed by atoms with Crippen molar-refractivity contribution in [1.29, 1.82) is 0 Å². The summed E-state index contributed by atoms with van der Waals surface area (Å²) in [6.45, 7) is 2.10. The molecule has 0 saturated heterocycles. The number of fused-ring (bicyclic) bond motifs is 1. The fraction of sp³-hybridized carbons (Fsp3) is 0.400. The standard InChI is InChI=1S/C10H13N3S/c1-2-8(11)5-7-3-4-9-10(6-7)13-14-12-9/h3-4,6,8H,2,5,11H2,1H3. The highest BCUT2D eigenvalue weighted by molar-refractivity contribution is 7.00. The van der Waals surface area contributed by atoms with Gasteiger partial charge in [0.2, 0.25) is 0 Å². The number of aromatic nitrogens is 2. The van der Waals surface area contributed by atoms with Gasteiger partial charge in [0.25, 0.3) is 0 Å². The molecular formula is C10H13N3S. The van der Waals surface area contributed by atoms with Gasteiger partial charge in [-0.3, -0.25) is 0 Å². The van der Waals surface area contributed by atoms with Crippen LogP contribution in [0.15, 0.2) is 18.2 Å². The maximum absolute atomic E-state index is 5.89. The lowest BCUT2D eigenvalue weighted by atomic mass is 10.0. The molecule has 3 nitrogen and oxygen atoms in total. The molecule has 2 aromatic rings. The molecule has 0 amide bonds. The van der Waals surface area contributed by atoms with E-state index in [-0.39, 0.29) is 6.04 Å². The quantitative estimate of drug-likeness (QED) is 0.837. The number of nitrogens with zero attached hydrogens (tertiary/aromatic N) is 2. The van der Waals surface area contributed by atoms with Crippen molar-refractivity contribution in [2.24, 2.45) is 5.73 Å². The molecule has 0 aliphatic rings. The minimum absolute atomic E-state index is 0.249. The van der Waals surface area contributed by atoms with Crippen LogP contribution in [0.1, 0.15) is 18.9 Å². The van der Waals surface area contributed by atoms with Crippen molar-refractivity contribution in [3.8, 4) is 0 Å². The maximum Gasteiger partial charge on any atom is 0.105 e. The molecular weight excluding hydrogens is 194 g/mol. The van der Waals surface area contributed by atoms with E-state index in [9.17, 15) is 0 Å². The summed E-state index contributed by atoms with van der Waals surface area (Å²) in [5.41, 5.74) is 9.10. The van der Waals surface area contributed by atoms with E-state index in [0.717, 1.165) is 23.9 Å². The minimum Gasteiger partial charge on any atom is -0.327 e. The number of hydrogen-bond acceptors (Lipinski definition) is 4. The van der Waals surface area contributed by atoms with Gasteiger partial charge in [-0.15, -0.1) is 0 Å². The van der Waals surface area contributed by atoms with Gasteiger partial charge in [0.05, 0.1) is 11.7 Å². The van der Waals surface area contributed by atoms with Gasteiger partial charge in [-0.2, -0.15) is 8.75 Å². The van der Waals surface area contributed by atoms with Crippen molar-refractivity contribution in [2.75, 3.05) is 0 Å². The smallest absolute Gasteiger partial charge is 0.105 e. The van der Waals surface area contributed by atoms with Crippen LogP contribution in [-0.4, -0.2) is 14.8 Å². The Labute approximate surface area is 87.3 Å². The van der Waals surface area contributed by atoms with Crippen molar-refractivity contribution < 1.29 is 0 Å². The molecule has 0 spiro atoms. The fourth-order valence-corrected chi connectivity index (χ4v) is 1.92. The predicted molar refractivity (Wildman–Crippen MR) is 59.4 cm³/mol. The monoisotopic (exact) mass is 207 g/mol. The number of hydrogen-bond donors (Lipinski definition) is 1. The summed E-state index contributed by atoms with van der Waals surface area (Å²) in [4.78, 5) is 0. The molecule has 1 unspecified atom stereocenters. The summed E-state index contributed by atoms with van der Waals surface area (Å²) in [7, 11) is 0. The van der Waals surface area contributed by atoms with Crippen LogP contribution >= 0.6 is 11.7 Å². The zero-order valence-corrected chi connectivity index (χ0v) is 8.92. The van der Waals surface area contributed by atoms with E-state index < -0.39 is 0 Å². The van der Waals surface area contributed by atoms with Crippen molar-refractivity contribution in [3.05, 3.63) is 23.8 Å². The summed E-state index contributed by atoms with van der Waals surface area (Å²) in [6, 6.07) is 6.42. The van der Waals surface area contributed by atoms with Crippen LogP contribution in [-0.2, 0) is 6.42 Å². The first-order valence-electron chi connectivity index (χ1n) is 4.76. The third kappa shape index (κ3) is 1.91. The van der Waals surface area contributed by atoms with E-state index in [2.05, 4.69) is 27.8 Å². The molecule has 0 saturated carbocycles. The summed E-state index contributed by atoms with van der Waals surface area (Å²) in [5.74, 6) is 0. The Morgan fingerprint density at radius 2 is 2.14 bits per heavy atom. The highest BCUT2D eigenvalue weighted by Crippen LogP contribution is 2.14. The number of rotatable bonds is 3. The van der Waals surface area contributed by atoms with Crippen LogP contribution in [0.25, 0.3) is 11.0 Å². The highest BCUT2D eigenvalue weighted by Gasteiger charge is 2.03. The van der Waals surface area contributed by atoms with E-state index in [4.69, 9.17) is 5.73 Å².